The van der Waals surface area contributed by atoms with Gasteiger partial charge in [0.2, 0.25) is 12.7 Å². The van der Waals surface area contributed by atoms with Crippen molar-refractivity contribution >= 4 is 24.2 Å². The molecule has 0 fully saturated rings. The Bertz CT molecular complexity index is 1060. The van der Waals surface area contributed by atoms with E-state index in [-0.39, 0.29) is 31.5 Å². The molecule has 1 unspecified atom stereocenters. The van der Waals surface area contributed by atoms with Crippen molar-refractivity contribution in [3.8, 4) is 11.5 Å². The lowest BCUT2D eigenvalue weighted by Crippen LogP contribution is -2.09. The number of nitrogens with zero attached hydrogens (tertiary/aromatic N) is 3. The van der Waals surface area contributed by atoms with Crippen LogP contribution in [-0.2, 0) is 24.1 Å². The lowest BCUT2D eigenvalue weighted by Gasteiger charge is -2.13. The second-order valence-electron chi connectivity index (χ2n) is 7.33. The average Bonchev–Trinajstić information content (AvgIpc) is 3.42. The van der Waals surface area contributed by atoms with E-state index in [1.165, 1.54) is 0 Å². The number of hydrogen-bond donors (Lipinski definition) is 2. The van der Waals surface area contributed by atoms with Crippen molar-refractivity contribution in [1.82, 2.24) is 15.1 Å². The molecule has 0 saturated carbocycles. The second kappa shape index (κ2) is 10.8. The van der Waals surface area contributed by atoms with E-state index < -0.39 is 5.97 Å². The molecular weight excluding hydrogens is 436 g/mol. The number of benzene rings is 1. The Hall–Kier alpha value is -3.33. The van der Waals surface area contributed by atoms with Crippen LogP contribution in [0.1, 0.15) is 41.7 Å². The first kappa shape index (κ1) is 23.3. The Morgan fingerprint density at radius 1 is 1.16 bits per heavy atom. The smallest absolute Gasteiger partial charge is 0.303 e. The number of fused-ring (bicyclic) bond motifs is 1. The number of halogens is 1. The SMILES string of the molecule is CNc1cccc(CCCc2noc(CC(CC(=O)O)c3ccc4c(c3)OCO4)n2)n1.Cl. The molecule has 4 rings (SSSR count). The standard InChI is InChI=1S/C22H24N4O5.ClH/c1-23-19-6-2-4-16(24-19)5-3-7-20-25-21(31-26-20)11-15(12-22(27)28)14-8-9-17-18(10-14)30-13-29-17;/h2,4,6,8-10,15H,3,5,7,11-13H2,1H3,(H,23,24)(H,27,28);1H. The molecule has 0 bridgehead atoms. The Kier molecular flexibility index (Phi) is 7.88. The fraction of sp³-hybridized carbons (Fsp3) is 0.364. The van der Waals surface area contributed by atoms with Crippen LogP contribution in [0.3, 0.4) is 0 Å². The van der Waals surface area contributed by atoms with Crippen LogP contribution in [0.4, 0.5) is 5.82 Å². The van der Waals surface area contributed by atoms with E-state index in [1.54, 1.807) is 6.07 Å². The quantitative estimate of drug-likeness (QED) is 0.467. The molecule has 2 N–H and O–H groups in total. The van der Waals surface area contributed by atoms with Gasteiger partial charge in [0.15, 0.2) is 17.3 Å². The summed E-state index contributed by atoms with van der Waals surface area (Å²) in [5.41, 5.74) is 1.83. The predicted octanol–water partition coefficient (Wildman–Crippen LogP) is 3.63. The molecule has 32 heavy (non-hydrogen) atoms. The maximum atomic E-state index is 11.4. The first-order valence-corrected chi connectivity index (χ1v) is 10.2. The van der Waals surface area contributed by atoms with Crippen molar-refractivity contribution in [2.24, 2.45) is 0 Å². The third-order valence-electron chi connectivity index (χ3n) is 5.12. The molecule has 1 aromatic carbocycles. The molecule has 1 aliphatic heterocycles. The van der Waals surface area contributed by atoms with E-state index >= 15 is 0 Å². The van der Waals surface area contributed by atoms with E-state index in [0.717, 1.165) is 29.9 Å². The summed E-state index contributed by atoms with van der Waals surface area (Å²) in [6.07, 6.45) is 2.58. The van der Waals surface area contributed by atoms with Crippen molar-refractivity contribution in [3.63, 3.8) is 0 Å². The van der Waals surface area contributed by atoms with Gasteiger partial charge in [0, 0.05) is 31.5 Å². The number of carboxylic acid groups (broad SMARTS) is 1. The van der Waals surface area contributed by atoms with Crippen molar-refractivity contribution in [2.75, 3.05) is 19.2 Å². The Balaban J connectivity index is 0.00000289. The highest BCUT2D eigenvalue weighted by molar-refractivity contribution is 5.85. The number of nitrogens with one attached hydrogen (secondary N) is 1. The van der Waals surface area contributed by atoms with E-state index in [2.05, 4.69) is 20.4 Å². The maximum absolute atomic E-state index is 11.4. The fourth-order valence-electron chi connectivity index (χ4n) is 3.56. The van der Waals surface area contributed by atoms with Gasteiger partial charge in [-0.25, -0.2) is 4.98 Å². The predicted molar refractivity (Wildman–Crippen MR) is 119 cm³/mol. The molecular formula is C22H25ClN4O5. The third kappa shape index (κ3) is 5.88. The van der Waals surface area contributed by atoms with Gasteiger partial charge in [0.25, 0.3) is 0 Å². The highest BCUT2D eigenvalue weighted by atomic mass is 35.5. The molecule has 0 spiro atoms. The molecule has 3 aromatic rings. The zero-order chi connectivity index (χ0) is 21.6. The van der Waals surface area contributed by atoms with Crippen LogP contribution in [-0.4, -0.2) is 40.0 Å². The van der Waals surface area contributed by atoms with Gasteiger partial charge in [0.05, 0.1) is 6.42 Å². The van der Waals surface area contributed by atoms with Crippen molar-refractivity contribution in [3.05, 3.63) is 59.4 Å². The van der Waals surface area contributed by atoms with Crippen LogP contribution in [0.2, 0.25) is 0 Å². The number of rotatable bonds is 10. The van der Waals surface area contributed by atoms with Crippen LogP contribution in [0.5, 0.6) is 11.5 Å². The third-order valence-corrected chi connectivity index (χ3v) is 5.12. The summed E-state index contributed by atoms with van der Waals surface area (Å²) in [6.45, 7) is 0.171. The summed E-state index contributed by atoms with van der Waals surface area (Å²) in [5, 5.41) is 16.4. The normalized spacial score (nSPS) is 12.8. The van der Waals surface area contributed by atoms with Gasteiger partial charge < -0.3 is 24.4 Å². The summed E-state index contributed by atoms with van der Waals surface area (Å²) in [4.78, 5) is 20.4. The molecule has 10 heteroatoms. The van der Waals surface area contributed by atoms with E-state index in [4.69, 9.17) is 14.0 Å². The van der Waals surface area contributed by atoms with Crippen LogP contribution in [0, 0.1) is 0 Å². The molecule has 1 atom stereocenters. The number of anilines is 1. The Morgan fingerprint density at radius 2 is 2.00 bits per heavy atom. The minimum Gasteiger partial charge on any atom is -0.481 e. The summed E-state index contributed by atoms with van der Waals surface area (Å²) in [7, 11) is 1.84. The minimum atomic E-state index is -0.890. The highest BCUT2D eigenvalue weighted by Gasteiger charge is 2.23. The second-order valence-corrected chi connectivity index (χ2v) is 7.33. The molecule has 0 amide bonds. The van der Waals surface area contributed by atoms with Crippen molar-refractivity contribution in [2.45, 2.75) is 38.0 Å². The average molecular weight is 461 g/mol. The van der Waals surface area contributed by atoms with Crippen LogP contribution in [0.15, 0.2) is 40.9 Å². The number of pyridine rings is 1. The van der Waals surface area contributed by atoms with Gasteiger partial charge in [-0.3, -0.25) is 4.79 Å². The van der Waals surface area contributed by atoms with Gasteiger partial charge in [0.1, 0.15) is 5.82 Å². The van der Waals surface area contributed by atoms with Gasteiger partial charge in [-0.1, -0.05) is 17.3 Å². The number of carboxylic acids is 1. The van der Waals surface area contributed by atoms with E-state index in [1.807, 2.05) is 37.4 Å². The Morgan fingerprint density at radius 3 is 2.81 bits per heavy atom. The monoisotopic (exact) mass is 460 g/mol. The van der Waals surface area contributed by atoms with Crippen LogP contribution >= 0.6 is 12.4 Å². The van der Waals surface area contributed by atoms with E-state index in [9.17, 15) is 9.90 Å². The molecule has 1 aliphatic rings. The van der Waals surface area contributed by atoms with Crippen LogP contribution < -0.4 is 14.8 Å². The van der Waals surface area contributed by atoms with Crippen molar-refractivity contribution < 1.29 is 23.9 Å². The molecule has 9 nitrogen and oxygen atoms in total. The number of aryl methyl sites for hydroxylation is 2. The summed E-state index contributed by atoms with van der Waals surface area (Å²) in [5.74, 6) is 1.95. The molecule has 0 saturated heterocycles. The van der Waals surface area contributed by atoms with Gasteiger partial charge >= 0.3 is 5.97 Å². The summed E-state index contributed by atoms with van der Waals surface area (Å²) in [6, 6.07) is 11.3. The maximum Gasteiger partial charge on any atom is 0.303 e. The molecule has 3 heterocycles. The fourth-order valence-corrected chi connectivity index (χ4v) is 3.56. The number of aliphatic carboxylic acids is 1. The number of aromatic nitrogens is 3. The van der Waals surface area contributed by atoms with Gasteiger partial charge in [-0.05, 0) is 42.7 Å². The summed E-state index contributed by atoms with van der Waals surface area (Å²) < 4.78 is 16.1. The largest absolute Gasteiger partial charge is 0.481 e. The minimum absolute atomic E-state index is 0. The molecule has 170 valence electrons. The summed E-state index contributed by atoms with van der Waals surface area (Å²) >= 11 is 0. The van der Waals surface area contributed by atoms with Gasteiger partial charge in [-0.2, -0.15) is 4.98 Å². The molecule has 2 aromatic heterocycles. The Labute approximate surface area is 191 Å². The zero-order valence-corrected chi connectivity index (χ0v) is 18.4. The molecule has 0 aliphatic carbocycles. The number of ether oxygens (including phenoxy) is 2. The number of carbonyl (C=O) groups is 1. The van der Waals surface area contributed by atoms with Crippen molar-refractivity contribution in [1.29, 1.82) is 0 Å². The van der Waals surface area contributed by atoms with Crippen LogP contribution in [0.25, 0.3) is 0 Å². The first-order valence-electron chi connectivity index (χ1n) is 10.2. The lowest BCUT2D eigenvalue weighted by molar-refractivity contribution is -0.137. The molecule has 0 radical (unpaired) electrons. The highest BCUT2D eigenvalue weighted by Crippen LogP contribution is 2.36. The first-order chi connectivity index (χ1) is 15.1. The topological polar surface area (TPSA) is 120 Å². The van der Waals surface area contributed by atoms with Gasteiger partial charge in [-0.15, -0.1) is 12.4 Å². The lowest BCUT2D eigenvalue weighted by atomic mass is 9.92. The number of hydrogen-bond acceptors (Lipinski definition) is 8. The zero-order valence-electron chi connectivity index (χ0n) is 17.6. The van der Waals surface area contributed by atoms with E-state index in [0.29, 0.717) is 36.1 Å².